The maximum absolute atomic E-state index is 6.39. The van der Waals surface area contributed by atoms with Crippen molar-refractivity contribution >= 4 is 0 Å². The van der Waals surface area contributed by atoms with E-state index >= 15 is 0 Å². The second-order valence-electron chi connectivity index (χ2n) is 4.71. The number of benzene rings is 1. The van der Waals surface area contributed by atoms with Crippen LogP contribution in [0.15, 0.2) is 30.3 Å². The molecule has 1 aromatic heterocycles. The third-order valence-corrected chi connectivity index (χ3v) is 3.37. The molecule has 1 aromatic carbocycles. The molecule has 1 heterocycles. The Balaban J connectivity index is 2.48. The van der Waals surface area contributed by atoms with Gasteiger partial charge in [-0.2, -0.15) is 0 Å². The summed E-state index contributed by atoms with van der Waals surface area (Å²) in [5, 5.41) is 0. The van der Waals surface area contributed by atoms with Gasteiger partial charge in [-0.15, -0.1) is 0 Å². The predicted octanol–water partition coefficient (Wildman–Crippen LogP) is 2.76. The first-order valence-electron chi connectivity index (χ1n) is 6.48. The number of ether oxygens (including phenoxy) is 2. The fourth-order valence-electron chi connectivity index (χ4n) is 2.28. The van der Waals surface area contributed by atoms with Crippen LogP contribution in [0.2, 0.25) is 0 Å². The molecule has 20 heavy (non-hydrogen) atoms. The molecule has 0 fully saturated rings. The molecule has 2 N–H and O–H groups in total. The fourth-order valence-corrected chi connectivity index (χ4v) is 2.28. The van der Waals surface area contributed by atoms with Crippen molar-refractivity contribution in [2.75, 3.05) is 14.2 Å². The average Bonchev–Trinajstić information content (AvgIpc) is 2.46. The largest absolute Gasteiger partial charge is 0.497 e. The highest BCUT2D eigenvalue weighted by molar-refractivity contribution is 5.46. The summed E-state index contributed by atoms with van der Waals surface area (Å²) in [4.78, 5) is 4.47. The Morgan fingerprint density at radius 1 is 1.00 bits per heavy atom. The zero-order chi connectivity index (χ0) is 14.7. The van der Waals surface area contributed by atoms with Gasteiger partial charge in [0.1, 0.15) is 11.5 Å². The molecule has 106 valence electrons. The van der Waals surface area contributed by atoms with Crippen LogP contribution in [-0.4, -0.2) is 19.2 Å². The first kappa shape index (κ1) is 14.3. The molecule has 4 nitrogen and oxygen atoms in total. The molecule has 0 aliphatic heterocycles. The summed E-state index contributed by atoms with van der Waals surface area (Å²) in [5.41, 5.74) is 10.2. The number of hydrogen-bond donors (Lipinski definition) is 1. The molecular weight excluding hydrogens is 252 g/mol. The predicted molar refractivity (Wildman–Crippen MR) is 79.3 cm³/mol. The number of hydrogen-bond acceptors (Lipinski definition) is 4. The van der Waals surface area contributed by atoms with Crippen LogP contribution >= 0.6 is 0 Å². The third kappa shape index (κ3) is 2.75. The minimum atomic E-state index is -0.298. The summed E-state index contributed by atoms with van der Waals surface area (Å²) in [7, 11) is 3.27. The van der Waals surface area contributed by atoms with Crippen molar-refractivity contribution in [2.45, 2.75) is 19.9 Å². The summed E-state index contributed by atoms with van der Waals surface area (Å²) in [6.45, 7) is 3.93. The lowest BCUT2D eigenvalue weighted by Gasteiger charge is -2.18. The third-order valence-electron chi connectivity index (χ3n) is 3.37. The van der Waals surface area contributed by atoms with Gasteiger partial charge in [-0.1, -0.05) is 6.07 Å². The van der Waals surface area contributed by atoms with Gasteiger partial charge in [-0.05, 0) is 43.7 Å². The first-order chi connectivity index (χ1) is 9.56. The number of aryl methyl sites for hydroxylation is 2. The Morgan fingerprint density at radius 3 is 2.35 bits per heavy atom. The Bertz CT molecular complexity index is 611. The van der Waals surface area contributed by atoms with E-state index < -0.39 is 0 Å². The van der Waals surface area contributed by atoms with Crippen LogP contribution < -0.4 is 15.2 Å². The van der Waals surface area contributed by atoms with Crippen molar-refractivity contribution in [2.24, 2.45) is 5.73 Å². The van der Waals surface area contributed by atoms with Crippen molar-refractivity contribution < 1.29 is 9.47 Å². The molecule has 1 atom stereocenters. The van der Waals surface area contributed by atoms with Crippen molar-refractivity contribution in [1.29, 1.82) is 0 Å². The van der Waals surface area contributed by atoms with Crippen molar-refractivity contribution in [1.82, 2.24) is 4.98 Å². The highest BCUT2D eigenvalue weighted by Gasteiger charge is 2.17. The van der Waals surface area contributed by atoms with Crippen LogP contribution in [0, 0.1) is 13.8 Å². The standard InChI is InChI=1S/C16H20N2O2/c1-10-5-7-13(11(2)18-10)16(17)14-9-12(19-3)6-8-15(14)20-4/h5-9,16H,17H2,1-4H3. The smallest absolute Gasteiger partial charge is 0.124 e. The Hall–Kier alpha value is -2.07. The maximum atomic E-state index is 6.39. The topological polar surface area (TPSA) is 57.4 Å². The molecule has 2 rings (SSSR count). The number of methoxy groups -OCH3 is 2. The van der Waals surface area contributed by atoms with E-state index in [-0.39, 0.29) is 6.04 Å². The van der Waals surface area contributed by atoms with E-state index in [0.29, 0.717) is 0 Å². The monoisotopic (exact) mass is 272 g/mol. The van der Waals surface area contributed by atoms with E-state index in [1.807, 2.05) is 44.2 Å². The van der Waals surface area contributed by atoms with Gasteiger partial charge in [0.25, 0.3) is 0 Å². The molecule has 0 aliphatic rings. The van der Waals surface area contributed by atoms with Crippen LogP contribution in [0.5, 0.6) is 11.5 Å². The zero-order valence-corrected chi connectivity index (χ0v) is 12.3. The van der Waals surface area contributed by atoms with Gasteiger partial charge in [0, 0.05) is 17.0 Å². The second kappa shape index (κ2) is 5.92. The molecule has 0 spiro atoms. The van der Waals surface area contributed by atoms with Gasteiger partial charge in [0.15, 0.2) is 0 Å². The molecule has 1 unspecified atom stereocenters. The molecule has 4 heteroatoms. The van der Waals surface area contributed by atoms with Gasteiger partial charge in [-0.3, -0.25) is 4.98 Å². The van der Waals surface area contributed by atoms with E-state index in [0.717, 1.165) is 34.0 Å². The minimum absolute atomic E-state index is 0.298. The van der Waals surface area contributed by atoms with Gasteiger partial charge < -0.3 is 15.2 Å². The minimum Gasteiger partial charge on any atom is -0.497 e. The molecule has 0 saturated carbocycles. The summed E-state index contributed by atoms with van der Waals surface area (Å²) < 4.78 is 10.7. The molecule has 0 radical (unpaired) electrons. The van der Waals surface area contributed by atoms with Gasteiger partial charge in [-0.25, -0.2) is 0 Å². The zero-order valence-electron chi connectivity index (χ0n) is 12.3. The molecule has 0 bridgehead atoms. The summed E-state index contributed by atoms with van der Waals surface area (Å²) in [6, 6.07) is 9.31. The summed E-state index contributed by atoms with van der Waals surface area (Å²) >= 11 is 0. The van der Waals surface area contributed by atoms with Gasteiger partial charge in [0.05, 0.1) is 20.3 Å². The summed E-state index contributed by atoms with van der Waals surface area (Å²) in [6.07, 6.45) is 0. The maximum Gasteiger partial charge on any atom is 0.124 e. The van der Waals surface area contributed by atoms with Crippen LogP contribution in [-0.2, 0) is 0 Å². The number of nitrogens with zero attached hydrogens (tertiary/aromatic N) is 1. The Kier molecular flexibility index (Phi) is 4.25. The number of pyridine rings is 1. The number of nitrogens with two attached hydrogens (primary N) is 1. The van der Waals surface area contributed by atoms with Crippen LogP contribution in [0.3, 0.4) is 0 Å². The van der Waals surface area contributed by atoms with Crippen molar-refractivity contribution in [3.05, 3.63) is 52.8 Å². The van der Waals surface area contributed by atoms with Gasteiger partial charge >= 0.3 is 0 Å². The lowest BCUT2D eigenvalue weighted by atomic mass is 9.97. The van der Waals surface area contributed by atoms with Crippen molar-refractivity contribution in [3.8, 4) is 11.5 Å². The lowest BCUT2D eigenvalue weighted by Crippen LogP contribution is -2.15. The molecule has 0 amide bonds. The highest BCUT2D eigenvalue weighted by Crippen LogP contribution is 2.32. The van der Waals surface area contributed by atoms with E-state index in [2.05, 4.69) is 4.98 Å². The average molecular weight is 272 g/mol. The SMILES string of the molecule is COc1ccc(OC)c(C(N)c2ccc(C)nc2C)c1. The van der Waals surface area contributed by atoms with E-state index in [1.165, 1.54) is 0 Å². The quantitative estimate of drug-likeness (QED) is 0.929. The molecular formula is C16H20N2O2. The highest BCUT2D eigenvalue weighted by atomic mass is 16.5. The Labute approximate surface area is 119 Å². The van der Waals surface area contributed by atoms with E-state index in [1.54, 1.807) is 14.2 Å². The van der Waals surface area contributed by atoms with Crippen LogP contribution in [0.1, 0.15) is 28.6 Å². The second-order valence-corrected chi connectivity index (χ2v) is 4.71. The van der Waals surface area contributed by atoms with Crippen molar-refractivity contribution in [3.63, 3.8) is 0 Å². The van der Waals surface area contributed by atoms with Crippen LogP contribution in [0.25, 0.3) is 0 Å². The first-order valence-corrected chi connectivity index (χ1v) is 6.48. The molecule has 0 saturated heterocycles. The molecule has 0 aliphatic carbocycles. The van der Waals surface area contributed by atoms with E-state index in [9.17, 15) is 0 Å². The lowest BCUT2D eigenvalue weighted by molar-refractivity contribution is 0.397. The van der Waals surface area contributed by atoms with Gasteiger partial charge in [0.2, 0.25) is 0 Å². The summed E-state index contributed by atoms with van der Waals surface area (Å²) in [5.74, 6) is 1.51. The number of rotatable bonds is 4. The molecule has 2 aromatic rings. The fraction of sp³-hybridized carbons (Fsp3) is 0.312. The van der Waals surface area contributed by atoms with E-state index in [4.69, 9.17) is 15.2 Å². The van der Waals surface area contributed by atoms with Crippen LogP contribution in [0.4, 0.5) is 0 Å². The number of aromatic nitrogens is 1. The Morgan fingerprint density at radius 2 is 1.75 bits per heavy atom. The normalized spacial score (nSPS) is 12.1.